The SMILES string of the molecule is COc1ccc(NC2=NS(=O)(=O)C(c3ccc(C)c(C)c3)=C2C)c(OC)c1. The van der Waals surface area contributed by atoms with Gasteiger partial charge in [-0.1, -0.05) is 18.2 Å². The number of sulfonamides is 1. The first-order valence-corrected chi connectivity index (χ1v) is 9.83. The number of ether oxygens (including phenoxy) is 2. The number of aryl methyl sites for hydroxylation is 2. The van der Waals surface area contributed by atoms with Gasteiger partial charge in [0.25, 0.3) is 10.0 Å². The van der Waals surface area contributed by atoms with Crippen LogP contribution in [0.25, 0.3) is 4.91 Å². The molecule has 1 aliphatic rings. The average Bonchev–Trinajstić information content (AvgIpc) is 2.86. The number of hydrogen-bond acceptors (Lipinski definition) is 5. The third-order valence-electron chi connectivity index (χ3n) is 4.60. The Morgan fingerprint density at radius 1 is 0.926 bits per heavy atom. The molecular weight excluding hydrogens is 364 g/mol. The van der Waals surface area contributed by atoms with Crippen molar-refractivity contribution in [2.45, 2.75) is 20.8 Å². The fraction of sp³-hybridized carbons (Fsp3) is 0.250. The van der Waals surface area contributed by atoms with Crippen molar-refractivity contribution in [2.24, 2.45) is 4.40 Å². The van der Waals surface area contributed by atoms with Gasteiger partial charge < -0.3 is 14.8 Å². The van der Waals surface area contributed by atoms with E-state index in [2.05, 4.69) is 9.71 Å². The average molecular weight is 386 g/mol. The molecule has 0 aliphatic carbocycles. The van der Waals surface area contributed by atoms with E-state index < -0.39 is 10.0 Å². The van der Waals surface area contributed by atoms with E-state index in [4.69, 9.17) is 9.47 Å². The summed E-state index contributed by atoms with van der Waals surface area (Å²) in [5.41, 5.74) is 3.94. The van der Waals surface area contributed by atoms with Crippen molar-refractivity contribution in [1.82, 2.24) is 0 Å². The maximum atomic E-state index is 12.7. The van der Waals surface area contributed by atoms with Crippen molar-refractivity contribution in [2.75, 3.05) is 19.5 Å². The minimum atomic E-state index is -3.78. The lowest BCUT2D eigenvalue weighted by Crippen LogP contribution is -2.12. The van der Waals surface area contributed by atoms with Gasteiger partial charge in [-0.25, -0.2) is 0 Å². The number of rotatable bonds is 4. The van der Waals surface area contributed by atoms with Crippen LogP contribution in [0.1, 0.15) is 23.6 Å². The minimum absolute atomic E-state index is 0.223. The summed E-state index contributed by atoms with van der Waals surface area (Å²) in [7, 11) is -0.675. The molecule has 0 aromatic heterocycles. The summed E-state index contributed by atoms with van der Waals surface area (Å²) in [5, 5.41) is 3.08. The molecule has 0 bridgehead atoms. The maximum Gasteiger partial charge on any atom is 0.285 e. The van der Waals surface area contributed by atoms with Crippen LogP contribution in [0.5, 0.6) is 11.5 Å². The van der Waals surface area contributed by atoms with Gasteiger partial charge in [0.1, 0.15) is 22.2 Å². The standard InChI is InChI=1S/C20H22N2O4S/c1-12-6-7-15(10-13(12)2)19-14(3)20(22-27(19,23)24)21-17-9-8-16(25-4)11-18(17)26-5/h6-11H,1-5H3,(H,21,22). The molecule has 0 amide bonds. The molecule has 2 aromatic carbocycles. The number of anilines is 1. The van der Waals surface area contributed by atoms with Crippen molar-refractivity contribution in [1.29, 1.82) is 0 Å². The van der Waals surface area contributed by atoms with E-state index in [1.54, 1.807) is 32.2 Å². The molecule has 27 heavy (non-hydrogen) atoms. The zero-order valence-electron chi connectivity index (χ0n) is 16.0. The predicted molar refractivity (Wildman–Crippen MR) is 108 cm³/mol. The third-order valence-corrected chi connectivity index (χ3v) is 6.08. The van der Waals surface area contributed by atoms with Gasteiger partial charge in [0, 0.05) is 11.6 Å². The highest BCUT2D eigenvalue weighted by atomic mass is 32.2. The van der Waals surface area contributed by atoms with Gasteiger partial charge >= 0.3 is 0 Å². The first kappa shape index (κ1) is 19.0. The first-order chi connectivity index (χ1) is 12.8. The second-order valence-electron chi connectivity index (χ2n) is 6.36. The Labute approximate surface area is 159 Å². The van der Waals surface area contributed by atoms with E-state index in [1.807, 2.05) is 32.0 Å². The monoisotopic (exact) mass is 386 g/mol. The Morgan fingerprint density at radius 2 is 1.67 bits per heavy atom. The summed E-state index contributed by atoms with van der Waals surface area (Å²) in [4.78, 5) is 0.223. The van der Waals surface area contributed by atoms with Crippen molar-refractivity contribution < 1.29 is 17.9 Å². The number of nitrogens with zero attached hydrogens (tertiary/aromatic N) is 1. The molecule has 7 heteroatoms. The molecule has 0 unspecified atom stereocenters. The summed E-state index contributed by atoms with van der Waals surface area (Å²) in [6, 6.07) is 10.8. The van der Waals surface area contributed by atoms with Crippen LogP contribution in [0.2, 0.25) is 0 Å². The molecule has 2 aromatic rings. The lowest BCUT2D eigenvalue weighted by molar-refractivity contribution is 0.395. The van der Waals surface area contributed by atoms with Crippen LogP contribution in [0.15, 0.2) is 46.4 Å². The minimum Gasteiger partial charge on any atom is -0.497 e. The second-order valence-corrected chi connectivity index (χ2v) is 7.90. The molecule has 6 nitrogen and oxygen atoms in total. The molecule has 0 fully saturated rings. The molecule has 1 heterocycles. The molecule has 3 rings (SSSR count). The van der Waals surface area contributed by atoms with E-state index in [1.165, 1.54) is 7.11 Å². The highest BCUT2D eigenvalue weighted by Gasteiger charge is 2.31. The van der Waals surface area contributed by atoms with E-state index in [0.717, 1.165) is 11.1 Å². The fourth-order valence-electron chi connectivity index (χ4n) is 2.93. The summed E-state index contributed by atoms with van der Waals surface area (Å²) in [6.07, 6.45) is 0. The Morgan fingerprint density at radius 3 is 2.30 bits per heavy atom. The van der Waals surface area contributed by atoms with Crippen LogP contribution < -0.4 is 14.8 Å². The van der Waals surface area contributed by atoms with Crippen LogP contribution in [0.4, 0.5) is 5.69 Å². The van der Waals surface area contributed by atoms with Gasteiger partial charge in [-0.15, -0.1) is 4.40 Å². The summed E-state index contributed by atoms with van der Waals surface area (Å²) in [5.74, 6) is 1.45. The molecule has 142 valence electrons. The number of nitrogens with one attached hydrogen (secondary N) is 1. The smallest absolute Gasteiger partial charge is 0.285 e. The highest BCUT2D eigenvalue weighted by molar-refractivity contribution is 8.00. The molecule has 0 spiro atoms. The van der Waals surface area contributed by atoms with Crippen LogP contribution in [-0.4, -0.2) is 28.5 Å². The van der Waals surface area contributed by atoms with Crippen LogP contribution in [0, 0.1) is 13.8 Å². The van der Waals surface area contributed by atoms with Crippen molar-refractivity contribution in [3.8, 4) is 11.5 Å². The Kier molecular flexibility index (Phi) is 4.97. The lowest BCUT2D eigenvalue weighted by atomic mass is 10.0. The third kappa shape index (κ3) is 3.55. The van der Waals surface area contributed by atoms with Gasteiger partial charge in [0.15, 0.2) is 0 Å². The molecule has 0 radical (unpaired) electrons. The van der Waals surface area contributed by atoms with E-state index >= 15 is 0 Å². The van der Waals surface area contributed by atoms with Crippen molar-refractivity contribution in [3.63, 3.8) is 0 Å². The molecule has 0 saturated carbocycles. The van der Waals surface area contributed by atoms with E-state index in [0.29, 0.717) is 28.3 Å². The normalized spacial score (nSPS) is 15.5. The van der Waals surface area contributed by atoms with Gasteiger partial charge in [0.2, 0.25) is 0 Å². The highest BCUT2D eigenvalue weighted by Crippen LogP contribution is 2.35. The van der Waals surface area contributed by atoms with Crippen molar-refractivity contribution >= 4 is 26.5 Å². The van der Waals surface area contributed by atoms with Crippen molar-refractivity contribution in [3.05, 3.63) is 58.7 Å². The Hall–Kier alpha value is -2.80. The van der Waals surface area contributed by atoms with Gasteiger partial charge in [-0.2, -0.15) is 8.42 Å². The quantitative estimate of drug-likeness (QED) is 0.862. The summed E-state index contributed by atoms with van der Waals surface area (Å²) >= 11 is 0. The Bertz CT molecular complexity index is 1070. The topological polar surface area (TPSA) is 77.0 Å². The number of hydrogen-bond donors (Lipinski definition) is 1. The summed E-state index contributed by atoms with van der Waals surface area (Å²) in [6.45, 7) is 5.69. The Balaban J connectivity index is 2.03. The van der Waals surface area contributed by atoms with Crippen LogP contribution in [-0.2, 0) is 10.0 Å². The lowest BCUT2D eigenvalue weighted by Gasteiger charge is -2.12. The van der Waals surface area contributed by atoms with E-state index in [9.17, 15) is 8.42 Å². The zero-order chi connectivity index (χ0) is 19.8. The molecule has 0 atom stereocenters. The van der Waals surface area contributed by atoms with Gasteiger partial charge in [-0.3, -0.25) is 0 Å². The molecular formula is C20H22N2O4S. The molecule has 1 aliphatic heterocycles. The largest absolute Gasteiger partial charge is 0.497 e. The molecule has 0 saturated heterocycles. The first-order valence-electron chi connectivity index (χ1n) is 8.39. The zero-order valence-corrected chi connectivity index (χ0v) is 16.8. The second kappa shape index (κ2) is 7.08. The number of benzene rings is 2. The maximum absolute atomic E-state index is 12.7. The van der Waals surface area contributed by atoms with Gasteiger partial charge in [-0.05, 0) is 49.6 Å². The van der Waals surface area contributed by atoms with Crippen LogP contribution in [0.3, 0.4) is 0 Å². The number of amidine groups is 1. The summed E-state index contributed by atoms with van der Waals surface area (Å²) < 4.78 is 39.9. The molecule has 1 N–H and O–H groups in total. The van der Waals surface area contributed by atoms with Crippen LogP contribution >= 0.6 is 0 Å². The van der Waals surface area contributed by atoms with Gasteiger partial charge in [0.05, 0.1) is 19.9 Å². The number of methoxy groups -OCH3 is 2. The predicted octanol–water partition coefficient (Wildman–Crippen LogP) is 3.91. The fourth-order valence-corrected chi connectivity index (χ4v) is 4.35. The van der Waals surface area contributed by atoms with E-state index in [-0.39, 0.29) is 10.7 Å².